The third-order valence-electron chi connectivity index (χ3n) is 2.97. The second kappa shape index (κ2) is 7.34. The van der Waals surface area contributed by atoms with Crippen LogP contribution in [0.15, 0.2) is 45.7 Å². The summed E-state index contributed by atoms with van der Waals surface area (Å²) in [5.41, 5.74) is 1.44. The highest BCUT2D eigenvalue weighted by molar-refractivity contribution is 7.90. The van der Waals surface area contributed by atoms with Crippen molar-refractivity contribution < 1.29 is 13.2 Å². The van der Waals surface area contributed by atoms with Crippen molar-refractivity contribution in [1.82, 2.24) is 0 Å². The lowest BCUT2D eigenvalue weighted by molar-refractivity contribution is 0.340. The summed E-state index contributed by atoms with van der Waals surface area (Å²) in [4.78, 5) is 0.127. The number of rotatable bonds is 5. The quantitative estimate of drug-likeness (QED) is 0.726. The van der Waals surface area contributed by atoms with Gasteiger partial charge in [-0.25, -0.2) is 0 Å². The average Bonchev–Trinajstić information content (AvgIpc) is 2.49. The Labute approximate surface area is 145 Å². The van der Waals surface area contributed by atoms with Crippen LogP contribution in [0.2, 0.25) is 10.0 Å². The minimum absolute atomic E-state index is 0.127. The Balaban J connectivity index is 2.31. The van der Waals surface area contributed by atoms with Gasteiger partial charge in [-0.05, 0) is 43.7 Å². The van der Waals surface area contributed by atoms with Gasteiger partial charge in [-0.3, -0.25) is 0 Å². The first-order chi connectivity index (χ1) is 10.8. The molecule has 0 spiro atoms. The lowest BCUT2D eigenvalue weighted by Crippen LogP contribution is -1.98. The highest BCUT2D eigenvalue weighted by atomic mass is 35.5. The van der Waals surface area contributed by atoms with Crippen LogP contribution in [0.1, 0.15) is 18.1 Å². The van der Waals surface area contributed by atoms with E-state index in [1.54, 1.807) is 24.3 Å². The molecule has 0 aromatic heterocycles. The van der Waals surface area contributed by atoms with E-state index in [4.69, 9.17) is 27.9 Å². The Morgan fingerprint density at radius 3 is 2.22 bits per heavy atom. The van der Waals surface area contributed by atoms with Crippen LogP contribution in [0, 0.1) is 6.92 Å². The predicted molar refractivity (Wildman–Crippen MR) is 93.6 cm³/mol. The molecule has 0 N–H and O–H groups in total. The van der Waals surface area contributed by atoms with Gasteiger partial charge < -0.3 is 4.74 Å². The zero-order valence-corrected chi connectivity index (χ0v) is 14.9. The first kappa shape index (κ1) is 17.8. The van der Waals surface area contributed by atoms with Crippen LogP contribution in [0.5, 0.6) is 5.75 Å². The van der Waals surface area contributed by atoms with E-state index in [-0.39, 0.29) is 4.90 Å². The van der Waals surface area contributed by atoms with Crippen molar-refractivity contribution in [3.63, 3.8) is 0 Å². The van der Waals surface area contributed by atoms with Gasteiger partial charge in [0.2, 0.25) is 0 Å². The molecule has 7 heteroatoms. The second-order valence-electron chi connectivity index (χ2n) is 4.77. The molecular formula is C16H15Cl2NO3S. The number of ether oxygens (including phenoxy) is 1. The zero-order valence-electron chi connectivity index (χ0n) is 12.6. The Hall–Kier alpha value is -1.56. The van der Waals surface area contributed by atoms with Crippen molar-refractivity contribution in [1.29, 1.82) is 0 Å². The largest absolute Gasteiger partial charge is 0.491 e. The second-order valence-corrected chi connectivity index (χ2v) is 7.22. The summed E-state index contributed by atoms with van der Waals surface area (Å²) in [7, 11) is -3.77. The van der Waals surface area contributed by atoms with E-state index in [0.717, 1.165) is 5.56 Å². The molecule has 0 bridgehead atoms. The fourth-order valence-electron chi connectivity index (χ4n) is 1.84. The van der Waals surface area contributed by atoms with Crippen molar-refractivity contribution in [2.75, 3.05) is 6.61 Å². The molecular weight excluding hydrogens is 357 g/mol. The Kier molecular flexibility index (Phi) is 5.68. The molecule has 0 aliphatic carbocycles. The van der Waals surface area contributed by atoms with Gasteiger partial charge in [-0.15, -0.1) is 0 Å². The minimum atomic E-state index is -3.77. The molecule has 0 saturated carbocycles. The van der Waals surface area contributed by atoms with Crippen LogP contribution >= 0.6 is 23.2 Å². The van der Waals surface area contributed by atoms with Crippen molar-refractivity contribution in [2.45, 2.75) is 18.7 Å². The van der Waals surface area contributed by atoms with Crippen LogP contribution < -0.4 is 4.74 Å². The summed E-state index contributed by atoms with van der Waals surface area (Å²) in [5.74, 6) is 0.370. The number of benzene rings is 2. The van der Waals surface area contributed by atoms with Crippen LogP contribution in [-0.2, 0) is 10.0 Å². The molecule has 0 heterocycles. The molecule has 0 radical (unpaired) electrons. The summed E-state index contributed by atoms with van der Waals surface area (Å²) < 4.78 is 33.3. The molecule has 23 heavy (non-hydrogen) atoms. The molecule has 2 aromatic carbocycles. The number of hydrogen-bond acceptors (Lipinski definition) is 3. The maximum atomic E-state index is 12.2. The van der Waals surface area contributed by atoms with Crippen molar-refractivity contribution in [2.24, 2.45) is 4.40 Å². The Morgan fingerprint density at radius 2 is 1.70 bits per heavy atom. The van der Waals surface area contributed by atoms with Gasteiger partial charge in [0, 0.05) is 6.21 Å². The molecule has 2 rings (SSSR count). The van der Waals surface area contributed by atoms with Gasteiger partial charge in [-0.2, -0.15) is 12.8 Å². The molecule has 0 amide bonds. The number of sulfonamides is 1. The summed E-state index contributed by atoms with van der Waals surface area (Å²) in [6, 6.07) is 9.56. The van der Waals surface area contributed by atoms with Crippen molar-refractivity contribution in [3.05, 3.63) is 57.6 Å². The van der Waals surface area contributed by atoms with E-state index in [9.17, 15) is 8.42 Å². The maximum absolute atomic E-state index is 12.2. The third-order valence-corrected chi connectivity index (χ3v) is 4.78. The monoisotopic (exact) mass is 371 g/mol. The van der Waals surface area contributed by atoms with Crippen LogP contribution in [0.4, 0.5) is 0 Å². The highest BCUT2D eigenvalue weighted by Gasteiger charge is 2.12. The lowest BCUT2D eigenvalue weighted by atomic mass is 10.2. The van der Waals surface area contributed by atoms with E-state index >= 15 is 0 Å². The molecule has 0 saturated heterocycles. The normalized spacial score (nSPS) is 11.8. The molecule has 0 aliphatic heterocycles. The Morgan fingerprint density at radius 1 is 1.13 bits per heavy atom. The van der Waals surface area contributed by atoms with Crippen LogP contribution in [0.25, 0.3) is 0 Å². The minimum Gasteiger partial charge on any atom is -0.491 e. The van der Waals surface area contributed by atoms with Gasteiger partial charge >= 0.3 is 0 Å². The third kappa shape index (κ3) is 4.47. The van der Waals surface area contributed by atoms with Gasteiger partial charge in [0.25, 0.3) is 10.0 Å². The molecule has 122 valence electrons. The lowest BCUT2D eigenvalue weighted by Gasteiger charge is -2.08. The number of halogens is 2. The summed E-state index contributed by atoms with van der Waals surface area (Å²) in [5, 5.41) is 0.599. The SMILES string of the molecule is CCOc1c(Cl)cc(/C=N\S(=O)(=O)c2ccc(C)cc2)cc1Cl. The average molecular weight is 372 g/mol. The maximum Gasteiger partial charge on any atom is 0.282 e. The van der Waals surface area contributed by atoms with Crippen molar-refractivity contribution >= 4 is 39.4 Å². The van der Waals surface area contributed by atoms with Gasteiger partial charge in [0.15, 0.2) is 5.75 Å². The first-order valence-corrected chi connectivity index (χ1v) is 9.02. The van der Waals surface area contributed by atoms with E-state index in [0.29, 0.717) is 28.0 Å². The van der Waals surface area contributed by atoms with Crippen LogP contribution in [0.3, 0.4) is 0 Å². The summed E-state index contributed by atoms with van der Waals surface area (Å²) in [6.45, 7) is 4.12. The first-order valence-electron chi connectivity index (χ1n) is 6.82. The smallest absolute Gasteiger partial charge is 0.282 e. The molecule has 0 unspecified atom stereocenters. The van der Waals surface area contributed by atoms with Crippen LogP contribution in [-0.4, -0.2) is 21.2 Å². The topological polar surface area (TPSA) is 55.7 Å². The summed E-state index contributed by atoms with van der Waals surface area (Å²) in [6.07, 6.45) is 1.21. The molecule has 4 nitrogen and oxygen atoms in total. The molecule has 2 aromatic rings. The highest BCUT2D eigenvalue weighted by Crippen LogP contribution is 2.33. The standard InChI is InChI=1S/C16H15Cl2NO3S/c1-3-22-16-14(17)8-12(9-15(16)18)10-19-23(20,21)13-6-4-11(2)5-7-13/h4-10H,3H2,1-2H3/b19-10-. The van der Waals surface area contributed by atoms with E-state index < -0.39 is 10.0 Å². The van der Waals surface area contributed by atoms with E-state index in [1.807, 2.05) is 13.8 Å². The van der Waals surface area contributed by atoms with Gasteiger partial charge in [-0.1, -0.05) is 40.9 Å². The van der Waals surface area contributed by atoms with Gasteiger partial charge in [0.1, 0.15) is 0 Å². The zero-order chi connectivity index (χ0) is 17.0. The fourth-order valence-corrected chi connectivity index (χ4v) is 3.31. The molecule has 0 atom stereocenters. The number of hydrogen-bond donors (Lipinski definition) is 0. The number of nitrogens with zero attached hydrogens (tertiary/aromatic N) is 1. The van der Waals surface area contributed by atoms with E-state index in [2.05, 4.69) is 4.40 Å². The predicted octanol–water partition coefficient (Wildman–Crippen LogP) is 4.51. The van der Waals surface area contributed by atoms with Gasteiger partial charge in [0.05, 0.1) is 21.5 Å². The van der Waals surface area contributed by atoms with Crippen molar-refractivity contribution in [3.8, 4) is 5.75 Å². The fraction of sp³-hybridized carbons (Fsp3) is 0.188. The Bertz CT molecular complexity index is 808. The summed E-state index contributed by atoms with van der Waals surface area (Å²) >= 11 is 12.2. The molecule has 0 aliphatic rings. The van der Waals surface area contributed by atoms with E-state index in [1.165, 1.54) is 18.3 Å². The molecule has 0 fully saturated rings. The number of aryl methyl sites for hydroxylation is 1.